The highest BCUT2D eigenvalue weighted by Gasteiger charge is 2.50. The fourth-order valence-corrected chi connectivity index (χ4v) is 7.13. The van der Waals surface area contributed by atoms with Crippen molar-refractivity contribution >= 4 is 29.5 Å². The summed E-state index contributed by atoms with van der Waals surface area (Å²) in [5.41, 5.74) is 3.44. The van der Waals surface area contributed by atoms with Crippen LogP contribution in [0.15, 0.2) is 66.9 Å². The fraction of sp³-hybridized carbons (Fsp3) is 0.394. The Bertz CT molecular complexity index is 1500. The highest BCUT2D eigenvalue weighted by molar-refractivity contribution is 8.00. The van der Waals surface area contributed by atoms with Gasteiger partial charge >= 0.3 is 0 Å². The lowest BCUT2D eigenvalue weighted by Crippen LogP contribution is -2.59. The molecule has 3 amide bonds. The molecule has 9 nitrogen and oxygen atoms in total. The number of hydrogen-bond donors (Lipinski definition) is 4. The monoisotopic (exact) mass is 602 g/mol. The summed E-state index contributed by atoms with van der Waals surface area (Å²) >= 11 is 1.47. The van der Waals surface area contributed by atoms with E-state index in [1.807, 2.05) is 56.3 Å². The normalized spacial score (nSPS) is 20.5. The van der Waals surface area contributed by atoms with Gasteiger partial charge in [-0.15, -0.1) is 11.8 Å². The Hall–Kier alpha value is -3.89. The SMILES string of the molecule is Cc1c(O)cccc1C(=O)N[C@@H](Cc1ccccc1)[C@H](O)C(=O)N1CSC(C)(C)[C@H]1C(=O)N[C@H]1CCCc2ncccc21. The number of aliphatic hydroxyl groups is 1. The first-order valence-electron chi connectivity index (χ1n) is 14.6. The second-order valence-electron chi connectivity index (χ2n) is 11.7. The standard InChI is InChI=1S/C33H38N4O5S/c1-20-22(12-7-16-27(20)38)30(40)36-26(18-21-10-5-4-6-11-21)28(39)32(42)37-19-43-33(2,3)29(37)31(41)35-25-15-8-14-24-23(25)13-9-17-34-24/h4-7,9-13,16-17,25-26,28-29,38-39H,8,14-15,18-19H2,1-3H3,(H,35,41)(H,36,40)/t25-,26-,28-,29+/m0/s1. The zero-order chi connectivity index (χ0) is 30.7. The first kappa shape index (κ1) is 30.6. The molecule has 0 unspecified atom stereocenters. The molecule has 0 spiro atoms. The summed E-state index contributed by atoms with van der Waals surface area (Å²) < 4.78 is -0.608. The lowest BCUT2D eigenvalue weighted by molar-refractivity contribution is -0.147. The molecule has 3 aromatic rings. The van der Waals surface area contributed by atoms with Crippen molar-refractivity contribution in [2.45, 2.75) is 75.4 Å². The van der Waals surface area contributed by atoms with Crippen LogP contribution in [0.1, 0.15) is 65.5 Å². The maximum absolute atomic E-state index is 14.0. The molecule has 4 N–H and O–H groups in total. The van der Waals surface area contributed by atoms with Gasteiger partial charge in [0.25, 0.3) is 11.8 Å². The van der Waals surface area contributed by atoms with Gasteiger partial charge in [-0.05, 0) is 75.8 Å². The molecule has 1 fully saturated rings. The number of aromatic hydroxyl groups is 1. The third-order valence-corrected chi connectivity index (χ3v) is 9.77. The molecule has 2 aliphatic rings. The van der Waals surface area contributed by atoms with Gasteiger partial charge in [0.1, 0.15) is 11.8 Å². The summed E-state index contributed by atoms with van der Waals surface area (Å²) in [6, 6.07) is 15.7. The Balaban J connectivity index is 1.38. The van der Waals surface area contributed by atoms with Crippen molar-refractivity contribution in [1.82, 2.24) is 20.5 Å². The summed E-state index contributed by atoms with van der Waals surface area (Å²) in [6.45, 7) is 5.48. The largest absolute Gasteiger partial charge is 0.508 e. The molecule has 5 rings (SSSR count). The predicted molar refractivity (Wildman–Crippen MR) is 165 cm³/mol. The molecule has 0 saturated carbocycles. The number of phenolic OH excluding ortho intramolecular Hbond substituents is 1. The Morgan fingerprint density at radius 1 is 1.09 bits per heavy atom. The van der Waals surface area contributed by atoms with Crippen LogP contribution < -0.4 is 10.6 Å². The number of thioether (sulfide) groups is 1. The molecule has 2 heterocycles. The Kier molecular flexibility index (Phi) is 9.08. The Morgan fingerprint density at radius 2 is 1.86 bits per heavy atom. The zero-order valence-electron chi connectivity index (χ0n) is 24.6. The molecule has 0 bridgehead atoms. The number of aromatic nitrogens is 1. The molecule has 1 aromatic heterocycles. The van der Waals surface area contributed by atoms with Crippen LogP contribution in [0.4, 0.5) is 0 Å². The number of amides is 3. The number of fused-ring (bicyclic) bond motifs is 1. The second-order valence-corrected chi connectivity index (χ2v) is 13.3. The van der Waals surface area contributed by atoms with Crippen molar-refractivity contribution in [2.24, 2.45) is 0 Å². The van der Waals surface area contributed by atoms with Crippen molar-refractivity contribution < 1.29 is 24.6 Å². The minimum atomic E-state index is -1.62. The lowest BCUT2D eigenvalue weighted by Gasteiger charge is -2.35. The third-order valence-electron chi connectivity index (χ3n) is 8.40. The molecule has 0 radical (unpaired) electrons. The molecule has 10 heteroatoms. The average molecular weight is 603 g/mol. The minimum Gasteiger partial charge on any atom is -0.508 e. The number of hydrogen-bond acceptors (Lipinski definition) is 7. The molecule has 1 aliphatic heterocycles. The molecular weight excluding hydrogens is 564 g/mol. The van der Waals surface area contributed by atoms with E-state index in [0.717, 1.165) is 36.1 Å². The predicted octanol–water partition coefficient (Wildman–Crippen LogP) is 3.67. The molecular formula is C33H38N4O5S. The number of nitrogens with zero attached hydrogens (tertiary/aromatic N) is 2. The summed E-state index contributed by atoms with van der Waals surface area (Å²) in [6.07, 6.45) is 2.87. The van der Waals surface area contributed by atoms with E-state index in [1.165, 1.54) is 22.7 Å². The van der Waals surface area contributed by atoms with Crippen molar-refractivity contribution in [2.75, 3.05) is 5.88 Å². The maximum atomic E-state index is 14.0. The van der Waals surface area contributed by atoms with Gasteiger partial charge in [0.05, 0.1) is 18.0 Å². The lowest BCUT2D eigenvalue weighted by atomic mass is 9.90. The smallest absolute Gasteiger partial charge is 0.254 e. The number of rotatable bonds is 8. The molecule has 1 aliphatic carbocycles. The summed E-state index contributed by atoms with van der Waals surface area (Å²) in [5, 5.41) is 27.7. The van der Waals surface area contributed by atoms with Crippen LogP contribution in [0.25, 0.3) is 0 Å². The number of carbonyl (C=O) groups excluding carboxylic acids is 3. The van der Waals surface area contributed by atoms with E-state index in [0.29, 0.717) is 5.56 Å². The molecule has 1 saturated heterocycles. The number of aryl methyl sites for hydroxylation is 1. The van der Waals surface area contributed by atoms with Crippen molar-refractivity contribution in [3.63, 3.8) is 0 Å². The van der Waals surface area contributed by atoms with E-state index >= 15 is 0 Å². The summed E-state index contributed by atoms with van der Waals surface area (Å²) in [4.78, 5) is 47.1. The van der Waals surface area contributed by atoms with Crippen molar-refractivity contribution in [1.29, 1.82) is 0 Å². The van der Waals surface area contributed by atoms with Gasteiger partial charge in [-0.2, -0.15) is 0 Å². The van der Waals surface area contributed by atoms with E-state index in [1.54, 1.807) is 25.3 Å². The highest BCUT2D eigenvalue weighted by atomic mass is 32.2. The van der Waals surface area contributed by atoms with Gasteiger partial charge in [0, 0.05) is 27.8 Å². The number of nitrogens with one attached hydrogen (secondary N) is 2. The summed E-state index contributed by atoms with van der Waals surface area (Å²) in [5.74, 6) is -1.22. The Morgan fingerprint density at radius 3 is 2.63 bits per heavy atom. The number of carbonyl (C=O) groups is 3. The van der Waals surface area contributed by atoms with E-state index in [2.05, 4.69) is 15.6 Å². The van der Waals surface area contributed by atoms with Crippen LogP contribution >= 0.6 is 11.8 Å². The minimum absolute atomic E-state index is 0.0227. The van der Waals surface area contributed by atoms with Crippen LogP contribution in [0.5, 0.6) is 5.75 Å². The van der Waals surface area contributed by atoms with E-state index in [-0.39, 0.29) is 35.6 Å². The molecule has 4 atom stereocenters. The zero-order valence-corrected chi connectivity index (χ0v) is 25.4. The van der Waals surface area contributed by atoms with Gasteiger partial charge in [0.2, 0.25) is 5.91 Å². The first-order valence-corrected chi connectivity index (χ1v) is 15.6. The molecule has 2 aromatic carbocycles. The first-order chi connectivity index (χ1) is 20.6. The van der Waals surface area contributed by atoms with Crippen LogP contribution in [-0.4, -0.2) is 66.6 Å². The fourth-order valence-electron chi connectivity index (χ4n) is 5.99. The van der Waals surface area contributed by atoms with E-state index in [9.17, 15) is 24.6 Å². The number of pyridine rings is 1. The highest BCUT2D eigenvalue weighted by Crippen LogP contribution is 2.40. The third kappa shape index (κ3) is 6.55. The van der Waals surface area contributed by atoms with Gasteiger partial charge in [0.15, 0.2) is 6.10 Å². The number of benzene rings is 2. The van der Waals surface area contributed by atoms with Gasteiger partial charge in [-0.25, -0.2) is 0 Å². The van der Waals surface area contributed by atoms with Gasteiger partial charge < -0.3 is 25.7 Å². The number of phenols is 1. The molecule has 226 valence electrons. The maximum Gasteiger partial charge on any atom is 0.254 e. The van der Waals surface area contributed by atoms with Crippen molar-refractivity contribution in [3.8, 4) is 5.75 Å². The Labute approximate surface area is 256 Å². The van der Waals surface area contributed by atoms with Crippen LogP contribution in [0.2, 0.25) is 0 Å². The topological polar surface area (TPSA) is 132 Å². The van der Waals surface area contributed by atoms with Crippen LogP contribution in [0.3, 0.4) is 0 Å². The average Bonchev–Trinajstić information content (AvgIpc) is 3.32. The quantitative estimate of drug-likeness (QED) is 0.309. The van der Waals surface area contributed by atoms with Crippen molar-refractivity contribution in [3.05, 3.63) is 94.8 Å². The van der Waals surface area contributed by atoms with Gasteiger partial charge in [-0.1, -0.05) is 42.5 Å². The van der Waals surface area contributed by atoms with E-state index in [4.69, 9.17) is 0 Å². The molecule has 43 heavy (non-hydrogen) atoms. The summed E-state index contributed by atoms with van der Waals surface area (Å²) in [7, 11) is 0. The van der Waals surface area contributed by atoms with E-state index < -0.39 is 34.7 Å². The number of aliphatic hydroxyl groups excluding tert-OH is 1. The van der Waals surface area contributed by atoms with Crippen LogP contribution in [-0.2, 0) is 22.4 Å². The van der Waals surface area contributed by atoms with Gasteiger partial charge in [-0.3, -0.25) is 19.4 Å². The van der Waals surface area contributed by atoms with Crippen LogP contribution in [0, 0.1) is 6.92 Å². The second kappa shape index (κ2) is 12.8.